The molecule has 0 heterocycles. The lowest BCUT2D eigenvalue weighted by Crippen LogP contribution is -2.19. The molecule has 0 aliphatic carbocycles. The van der Waals surface area contributed by atoms with E-state index in [0.29, 0.717) is 12.0 Å². The average Bonchev–Trinajstić information content (AvgIpc) is 2.36. The highest BCUT2D eigenvalue weighted by atomic mass is 32.2. The monoisotopic (exact) mass is 283 g/mol. The van der Waals surface area contributed by atoms with Gasteiger partial charge >= 0.3 is 5.97 Å². The van der Waals surface area contributed by atoms with Crippen LogP contribution in [0.5, 0.6) is 11.5 Å². The molecule has 3 N–H and O–H groups in total. The second-order valence-electron chi connectivity index (χ2n) is 3.95. The maximum atomic E-state index is 11.0. The van der Waals surface area contributed by atoms with E-state index in [0.717, 1.165) is 5.75 Å². The number of hydrogen-bond donors (Lipinski definition) is 3. The number of benzene rings is 1. The first-order valence-electron chi connectivity index (χ1n) is 5.79. The van der Waals surface area contributed by atoms with E-state index in [9.17, 15) is 15.0 Å². The molecule has 5 nitrogen and oxygen atoms in total. The van der Waals surface area contributed by atoms with E-state index in [1.165, 1.54) is 24.4 Å². The van der Waals surface area contributed by atoms with Gasteiger partial charge < -0.3 is 15.3 Å². The maximum absolute atomic E-state index is 11.0. The van der Waals surface area contributed by atoms with E-state index >= 15 is 0 Å². The number of aromatic hydroxyl groups is 2. The zero-order chi connectivity index (χ0) is 14.3. The summed E-state index contributed by atoms with van der Waals surface area (Å²) < 4.78 is 0. The van der Waals surface area contributed by atoms with E-state index in [1.54, 1.807) is 11.8 Å². The normalized spacial score (nSPS) is 12.7. The van der Waals surface area contributed by atoms with Crippen LogP contribution in [0.3, 0.4) is 0 Å². The number of hydrogen-bond acceptors (Lipinski definition) is 5. The number of phenols is 2. The third-order valence-corrected chi connectivity index (χ3v) is 3.23. The van der Waals surface area contributed by atoms with Crippen molar-refractivity contribution in [3.8, 4) is 11.5 Å². The van der Waals surface area contributed by atoms with Crippen LogP contribution in [0.25, 0.3) is 0 Å². The first-order valence-corrected chi connectivity index (χ1v) is 7.18. The summed E-state index contributed by atoms with van der Waals surface area (Å²) in [5.41, 5.74) is 0.347. The Balaban J connectivity index is 2.67. The molecule has 19 heavy (non-hydrogen) atoms. The minimum atomic E-state index is -0.966. The van der Waals surface area contributed by atoms with Gasteiger partial charge in [-0.25, -0.2) is 4.79 Å². The van der Waals surface area contributed by atoms with E-state index in [1.807, 2.05) is 6.26 Å². The van der Waals surface area contributed by atoms with Crippen molar-refractivity contribution in [3.63, 3.8) is 0 Å². The number of thioether (sulfide) groups is 1. The van der Waals surface area contributed by atoms with Gasteiger partial charge in [-0.1, -0.05) is 6.07 Å². The number of carboxylic acid groups (broad SMARTS) is 1. The van der Waals surface area contributed by atoms with Crippen molar-refractivity contribution in [1.82, 2.24) is 0 Å². The van der Waals surface area contributed by atoms with Crippen molar-refractivity contribution >= 4 is 23.9 Å². The van der Waals surface area contributed by atoms with Crippen LogP contribution in [-0.2, 0) is 11.2 Å². The van der Waals surface area contributed by atoms with Crippen molar-refractivity contribution in [3.05, 3.63) is 23.8 Å². The van der Waals surface area contributed by atoms with Gasteiger partial charge in [-0.15, -0.1) is 0 Å². The van der Waals surface area contributed by atoms with Gasteiger partial charge in [0, 0.05) is 18.2 Å². The van der Waals surface area contributed by atoms with Crippen molar-refractivity contribution in [2.75, 3.05) is 12.0 Å². The molecule has 0 spiro atoms. The highest BCUT2D eigenvalue weighted by Gasteiger charge is 2.14. The van der Waals surface area contributed by atoms with Gasteiger partial charge in [0.05, 0.1) is 0 Å². The highest BCUT2D eigenvalue weighted by molar-refractivity contribution is 7.98. The zero-order valence-corrected chi connectivity index (χ0v) is 11.4. The van der Waals surface area contributed by atoms with Gasteiger partial charge in [0.25, 0.3) is 0 Å². The number of nitrogens with zero attached hydrogens (tertiary/aromatic N) is 1. The van der Waals surface area contributed by atoms with Crippen LogP contribution in [0.4, 0.5) is 0 Å². The fraction of sp³-hybridized carbons (Fsp3) is 0.385. The molecule has 6 heteroatoms. The minimum Gasteiger partial charge on any atom is -0.508 e. The van der Waals surface area contributed by atoms with Crippen molar-refractivity contribution < 1.29 is 20.1 Å². The Morgan fingerprint density at radius 1 is 1.42 bits per heavy atom. The van der Waals surface area contributed by atoms with Crippen LogP contribution in [0.2, 0.25) is 0 Å². The molecule has 0 bridgehead atoms. The van der Waals surface area contributed by atoms with Gasteiger partial charge in [0.15, 0.2) is 0 Å². The SMILES string of the molecule is CSCC[C@H](N=CCc1c(O)cccc1O)C(=O)O. The lowest BCUT2D eigenvalue weighted by Gasteiger charge is -2.07. The summed E-state index contributed by atoms with van der Waals surface area (Å²) >= 11 is 1.56. The van der Waals surface area contributed by atoms with E-state index in [4.69, 9.17) is 5.11 Å². The van der Waals surface area contributed by atoms with Crippen LogP contribution in [-0.4, -0.2) is 45.6 Å². The fourth-order valence-corrected chi connectivity index (χ4v) is 1.99. The molecule has 0 fully saturated rings. The highest BCUT2D eigenvalue weighted by Crippen LogP contribution is 2.26. The van der Waals surface area contributed by atoms with Gasteiger partial charge in [-0.2, -0.15) is 11.8 Å². The standard InChI is InChI=1S/C13H17NO4S/c1-19-8-6-10(13(17)18)14-7-5-9-11(15)3-2-4-12(9)16/h2-4,7,10,15-16H,5-6,8H2,1H3,(H,17,18)/t10-/m0/s1. The topological polar surface area (TPSA) is 90.1 Å². The Kier molecular flexibility index (Phi) is 6.21. The molecule has 1 aromatic carbocycles. The lowest BCUT2D eigenvalue weighted by atomic mass is 10.1. The molecule has 0 saturated carbocycles. The molecular weight excluding hydrogens is 266 g/mol. The number of carboxylic acids is 1. The molecule has 0 radical (unpaired) electrons. The summed E-state index contributed by atoms with van der Waals surface area (Å²) in [5, 5.41) is 28.1. The van der Waals surface area contributed by atoms with Crippen LogP contribution in [0.1, 0.15) is 12.0 Å². The summed E-state index contributed by atoms with van der Waals surface area (Å²) in [7, 11) is 0. The number of aliphatic carboxylic acids is 1. The molecule has 0 aliphatic heterocycles. The summed E-state index contributed by atoms with van der Waals surface area (Å²) in [6.07, 6.45) is 3.98. The predicted molar refractivity (Wildman–Crippen MR) is 76.4 cm³/mol. The fourth-order valence-electron chi connectivity index (χ4n) is 1.53. The summed E-state index contributed by atoms with van der Waals surface area (Å²) in [4.78, 5) is 14.9. The molecule has 0 amide bonds. The molecule has 0 saturated heterocycles. The van der Waals surface area contributed by atoms with Gasteiger partial charge in [-0.05, 0) is 30.6 Å². The minimum absolute atomic E-state index is 0.0255. The quantitative estimate of drug-likeness (QED) is 0.665. The van der Waals surface area contributed by atoms with E-state index in [-0.39, 0.29) is 17.9 Å². The van der Waals surface area contributed by atoms with Gasteiger partial charge in [-0.3, -0.25) is 4.99 Å². The Morgan fingerprint density at radius 3 is 2.58 bits per heavy atom. The second kappa shape index (κ2) is 7.68. The zero-order valence-electron chi connectivity index (χ0n) is 10.6. The van der Waals surface area contributed by atoms with Gasteiger partial charge in [0.2, 0.25) is 0 Å². The molecule has 1 aromatic rings. The molecule has 0 aromatic heterocycles. The van der Waals surface area contributed by atoms with Crippen molar-refractivity contribution in [2.45, 2.75) is 18.9 Å². The number of phenolic OH excluding ortho intramolecular Hbond substituents is 2. The summed E-state index contributed by atoms with van der Waals surface area (Å²) in [5.74, 6) is -0.299. The Morgan fingerprint density at radius 2 is 2.05 bits per heavy atom. The van der Waals surface area contributed by atoms with Crippen LogP contribution < -0.4 is 0 Å². The number of rotatable bonds is 7. The average molecular weight is 283 g/mol. The maximum Gasteiger partial charge on any atom is 0.328 e. The van der Waals surface area contributed by atoms with Crippen molar-refractivity contribution in [2.24, 2.45) is 4.99 Å². The van der Waals surface area contributed by atoms with Crippen LogP contribution in [0.15, 0.2) is 23.2 Å². The molecule has 1 atom stereocenters. The molecular formula is C13H17NO4S. The van der Waals surface area contributed by atoms with Crippen LogP contribution in [0, 0.1) is 0 Å². The first kappa shape index (κ1) is 15.4. The van der Waals surface area contributed by atoms with E-state index < -0.39 is 12.0 Å². The number of carbonyl (C=O) groups is 1. The third kappa shape index (κ3) is 4.82. The second-order valence-corrected chi connectivity index (χ2v) is 4.93. The molecule has 104 valence electrons. The van der Waals surface area contributed by atoms with Crippen LogP contribution >= 0.6 is 11.8 Å². The molecule has 0 unspecified atom stereocenters. The Labute approximate surface area is 116 Å². The largest absolute Gasteiger partial charge is 0.508 e. The summed E-state index contributed by atoms with van der Waals surface area (Å²) in [6, 6.07) is 3.68. The smallest absolute Gasteiger partial charge is 0.328 e. The third-order valence-electron chi connectivity index (χ3n) is 2.59. The molecule has 0 aliphatic rings. The first-order chi connectivity index (χ1) is 9.06. The summed E-state index contributed by atoms with van der Waals surface area (Å²) in [6.45, 7) is 0. The molecule has 1 rings (SSSR count). The number of aliphatic imine (C=N–C) groups is 1. The lowest BCUT2D eigenvalue weighted by molar-refractivity contribution is -0.138. The van der Waals surface area contributed by atoms with Gasteiger partial charge in [0.1, 0.15) is 17.5 Å². The van der Waals surface area contributed by atoms with E-state index in [2.05, 4.69) is 4.99 Å². The van der Waals surface area contributed by atoms with Crippen molar-refractivity contribution in [1.29, 1.82) is 0 Å². The Bertz CT molecular complexity index is 442. The Hall–Kier alpha value is -1.69. The predicted octanol–water partition coefficient (Wildman–Crippen LogP) is 1.92.